The fourth-order valence-electron chi connectivity index (χ4n) is 1.82. The highest BCUT2D eigenvalue weighted by molar-refractivity contribution is 5.71. The van der Waals surface area contributed by atoms with Crippen molar-refractivity contribution in [3.8, 4) is 11.5 Å². The molecule has 0 radical (unpaired) electrons. The summed E-state index contributed by atoms with van der Waals surface area (Å²) in [5, 5.41) is 2.41. The Kier molecular flexibility index (Phi) is 2.50. The van der Waals surface area contributed by atoms with E-state index in [1.54, 1.807) is 6.07 Å². The Bertz CT molecular complexity index is 426. The lowest BCUT2D eigenvalue weighted by atomic mass is 10.1. The maximum absolute atomic E-state index is 11.2. The SMILES string of the molecule is CNC(=O)O[13c]1[13cH][13cH][13cH][13c]2[13c]1OC(C)(C)C2. The molecule has 0 aliphatic carbocycles. The van der Waals surface area contributed by atoms with E-state index in [2.05, 4.69) is 5.32 Å². The molecular weight excluding hydrogens is 212 g/mol. The molecule has 0 unspecified atom stereocenters. The molecule has 1 aliphatic heterocycles. The van der Waals surface area contributed by atoms with Crippen molar-refractivity contribution in [3.05, 3.63) is 23.8 Å². The summed E-state index contributed by atoms with van der Waals surface area (Å²) in [6.45, 7) is 4.02. The molecule has 0 saturated heterocycles. The second kappa shape index (κ2) is 3.70. The number of para-hydroxylation sites is 1. The minimum absolute atomic E-state index is 0.232. The number of nitrogens with one attached hydrogen (secondary N) is 1. The average Bonchev–Trinajstić information content (AvgIpc) is 2.53. The summed E-state index contributed by atoms with van der Waals surface area (Å²) < 4.78 is 10.9. The van der Waals surface area contributed by atoms with E-state index in [0.29, 0.717) is 11.5 Å². The van der Waals surface area contributed by atoms with Crippen molar-refractivity contribution in [2.45, 2.75) is 25.9 Å². The van der Waals surface area contributed by atoms with Crippen LogP contribution in [-0.2, 0) is 6.42 Å². The predicted molar refractivity (Wildman–Crippen MR) is 59.9 cm³/mol. The first-order valence-corrected chi connectivity index (χ1v) is 5.22. The van der Waals surface area contributed by atoms with E-state index < -0.39 is 6.09 Å². The van der Waals surface area contributed by atoms with E-state index in [1.807, 2.05) is 26.0 Å². The van der Waals surface area contributed by atoms with Gasteiger partial charge in [0.25, 0.3) is 0 Å². The zero-order valence-corrected chi connectivity index (χ0v) is 9.66. The maximum Gasteiger partial charge on any atom is 0.412 e. The predicted octanol–water partition coefficient (Wildman–Crippen LogP) is 2.12. The molecule has 1 aromatic rings. The highest BCUT2D eigenvalue weighted by Crippen LogP contribution is 2.41. The number of rotatable bonds is 1. The van der Waals surface area contributed by atoms with Crippen LogP contribution in [0.15, 0.2) is 18.2 Å². The Hall–Kier alpha value is -1.71. The lowest BCUT2D eigenvalue weighted by Gasteiger charge is -2.17. The number of fused-ring (bicyclic) bond motifs is 1. The third-order valence-electron chi connectivity index (χ3n) is 2.46. The number of ether oxygens (including phenoxy) is 2. The van der Waals surface area contributed by atoms with Gasteiger partial charge in [-0.1, -0.05) is 12.1 Å². The topological polar surface area (TPSA) is 47.6 Å². The van der Waals surface area contributed by atoms with E-state index >= 15 is 0 Å². The molecule has 0 fully saturated rings. The third-order valence-corrected chi connectivity index (χ3v) is 2.46. The van der Waals surface area contributed by atoms with Crippen molar-refractivity contribution < 1.29 is 14.3 Å². The van der Waals surface area contributed by atoms with E-state index in [-0.39, 0.29) is 5.60 Å². The van der Waals surface area contributed by atoms with Crippen LogP contribution in [0.25, 0.3) is 0 Å². The number of carbonyl (C=O) groups excluding carboxylic acids is 1. The summed E-state index contributed by atoms with van der Waals surface area (Å²) in [7, 11) is 1.52. The minimum Gasteiger partial charge on any atom is -0.483 e. The van der Waals surface area contributed by atoms with Gasteiger partial charge in [-0.15, -0.1) is 0 Å². The van der Waals surface area contributed by atoms with Gasteiger partial charge in [0.05, 0.1) is 0 Å². The van der Waals surface area contributed by atoms with Crippen LogP contribution in [0.5, 0.6) is 11.5 Å². The van der Waals surface area contributed by atoms with Gasteiger partial charge in [-0.3, -0.25) is 0 Å². The third kappa shape index (κ3) is 1.96. The Balaban J connectivity index is 2.30. The van der Waals surface area contributed by atoms with E-state index in [4.69, 9.17) is 9.47 Å². The van der Waals surface area contributed by atoms with Gasteiger partial charge in [0.15, 0.2) is 11.5 Å². The van der Waals surface area contributed by atoms with Gasteiger partial charge < -0.3 is 14.8 Å². The van der Waals surface area contributed by atoms with Crippen molar-refractivity contribution in [1.82, 2.24) is 5.32 Å². The molecule has 2 rings (SSSR count). The van der Waals surface area contributed by atoms with Crippen molar-refractivity contribution >= 4 is 6.09 Å². The van der Waals surface area contributed by atoms with Crippen LogP contribution in [0.2, 0.25) is 0 Å². The lowest BCUT2D eigenvalue weighted by Crippen LogP contribution is -2.25. The van der Waals surface area contributed by atoms with Gasteiger partial charge in [0.1, 0.15) is 5.60 Å². The molecule has 1 aliphatic rings. The highest BCUT2D eigenvalue weighted by atomic mass is 16.7. The molecule has 4 nitrogen and oxygen atoms in total. The highest BCUT2D eigenvalue weighted by Gasteiger charge is 2.32. The van der Waals surface area contributed by atoms with Gasteiger partial charge in [0.2, 0.25) is 0 Å². The van der Waals surface area contributed by atoms with E-state index in [1.165, 1.54) is 7.05 Å². The fourth-order valence-corrected chi connectivity index (χ4v) is 1.82. The van der Waals surface area contributed by atoms with Crippen LogP contribution in [0, 0.1) is 0 Å². The van der Waals surface area contributed by atoms with Crippen LogP contribution in [-0.4, -0.2) is 18.7 Å². The van der Waals surface area contributed by atoms with Gasteiger partial charge in [-0.2, -0.15) is 0 Å². The number of carbonyl (C=O) groups is 1. The molecule has 0 spiro atoms. The van der Waals surface area contributed by atoms with Crippen LogP contribution in [0.3, 0.4) is 0 Å². The molecule has 0 aromatic heterocycles. The summed E-state index contributed by atoms with van der Waals surface area (Å²) >= 11 is 0. The zero-order chi connectivity index (χ0) is 11.8. The molecule has 1 heterocycles. The standard InChI is InChI=1S/C12H15NO3/c1-12(2)7-8-5-4-6-9(10(8)16-12)15-11(14)13-3/h4-6H,7H2,1-3H3,(H,13,14)/i4+1,5+1,6+1,8+1,9+1,10+1. The molecule has 1 aromatic carbocycles. The molecule has 0 bridgehead atoms. The molecular formula is C12H15NO3. The lowest BCUT2D eigenvalue weighted by molar-refractivity contribution is 0.133. The van der Waals surface area contributed by atoms with Gasteiger partial charge in [0, 0.05) is 19.0 Å². The monoisotopic (exact) mass is 227 g/mol. The molecule has 1 N–H and O–H groups in total. The van der Waals surface area contributed by atoms with Gasteiger partial charge >= 0.3 is 6.09 Å². The first-order chi connectivity index (χ1) is 7.52. The van der Waals surface area contributed by atoms with Crippen molar-refractivity contribution in [2.24, 2.45) is 0 Å². The largest absolute Gasteiger partial charge is 0.483 e. The quantitative estimate of drug-likeness (QED) is 0.799. The summed E-state index contributed by atoms with van der Waals surface area (Å²) in [5.41, 5.74) is 0.844. The number of hydrogen-bond acceptors (Lipinski definition) is 3. The Labute approximate surface area is 94.6 Å². The summed E-state index contributed by atoms with van der Waals surface area (Å²) in [6.07, 6.45) is 0.342. The number of hydrogen-bond donors (Lipinski definition) is 1. The molecule has 1 amide bonds. The molecule has 16 heavy (non-hydrogen) atoms. The Morgan fingerprint density at radius 3 is 2.94 bits per heavy atom. The summed E-state index contributed by atoms with van der Waals surface area (Å²) in [4.78, 5) is 11.2. The van der Waals surface area contributed by atoms with Crippen LogP contribution in [0.4, 0.5) is 4.79 Å². The first-order valence-electron chi connectivity index (χ1n) is 5.22. The van der Waals surface area contributed by atoms with E-state index in [9.17, 15) is 4.79 Å². The smallest absolute Gasteiger partial charge is 0.412 e. The maximum atomic E-state index is 11.2. The van der Waals surface area contributed by atoms with Crippen LogP contribution < -0.4 is 14.8 Å². The number of amides is 1. The van der Waals surface area contributed by atoms with E-state index in [0.717, 1.165) is 12.0 Å². The van der Waals surface area contributed by atoms with Crippen molar-refractivity contribution in [1.29, 1.82) is 0 Å². The minimum atomic E-state index is -0.485. The Morgan fingerprint density at radius 2 is 2.25 bits per heavy atom. The molecule has 86 valence electrons. The van der Waals surface area contributed by atoms with Crippen molar-refractivity contribution in [3.63, 3.8) is 0 Å². The summed E-state index contributed by atoms with van der Waals surface area (Å²) in [6, 6.07) is 5.58. The zero-order valence-electron chi connectivity index (χ0n) is 9.66. The fraction of sp³-hybridized carbons (Fsp3) is 0.417. The van der Waals surface area contributed by atoms with Crippen LogP contribution in [0.1, 0.15) is 19.4 Å². The number of benzene rings is 1. The normalized spacial score (nSPS) is 16.2. The van der Waals surface area contributed by atoms with Crippen molar-refractivity contribution in [2.75, 3.05) is 7.05 Å². The van der Waals surface area contributed by atoms with Gasteiger partial charge in [-0.25, -0.2) is 4.79 Å². The average molecular weight is 227 g/mol. The second-order valence-electron chi connectivity index (χ2n) is 4.42. The molecule has 0 saturated carbocycles. The second-order valence-corrected chi connectivity index (χ2v) is 4.42. The van der Waals surface area contributed by atoms with Crippen LogP contribution >= 0.6 is 0 Å². The first kappa shape index (κ1) is 10.8. The Morgan fingerprint density at radius 1 is 1.50 bits per heavy atom. The molecule has 4 heteroatoms. The summed E-state index contributed by atoms with van der Waals surface area (Å²) in [5.74, 6) is 1.15. The molecule has 0 atom stereocenters. The van der Waals surface area contributed by atoms with Gasteiger partial charge in [-0.05, 0) is 19.9 Å².